The van der Waals surface area contributed by atoms with E-state index in [0.717, 1.165) is 55.9 Å². The van der Waals surface area contributed by atoms with E-state index in [9.17, 15) is 9.59 Å². The predicted molar refractivity (Wildman–Crippen MR) is 227 cm³/mol. The molecule has 0 aliphatic heterocycles. The Bertz CT molecular complexity index is 2270. The first-order valence-corrected chi connectivity index (χ1v) is 18.6. The molecule has 0 fully saturated rings. The van der Waals surface area contributed by atoms with Crippen LogP contribution in [-0.2, 0) is 22.6 Å². The number of anilines is 4. The lowest BCUT2D eigenvalue weighted by Gasteiger charge is -2.32. The molecule has 278 valence electrons. The van der Waals surface area contributed by atoms with Crippen molar-refractivity contribution in [1.82, 2.24) is 0 Å². The first-order valence-electron chi connectivity index (χ1n) is 18.6. The van der Waals surface area contributed by atoms with Gasteiger partial charge in [0, 0.05) is 24.5 Å². The first kappa shape index (κ1) is 37.4. The molecule has 0 N–H and O–H groups in total. The zero-order chi connectivity index (χ0) is 39.0. The molecule has 0 heterocycles. The van der Waals surface area contributed by atoms with Gasteiger partial charge in [0.25, 0.3) is 0 Å². The van der Waals surface area contributed by atoms with E-state index in [1.54, 1.807) is 12.1 Å². The Hall–Kier alpha value is -6.92. The second kappa shape index (κ2) is 17.0. The van der Waals surface area contributed by atoms with Crippen molar-refractivity contribution in [3.05, 3.63) is 203 Å². The van der Waals surface area contributed by atoms with E-state index in [4.69, 9.17) is 9.47 Å². The maximum atomic E-state index is 14.1. The lowest BCUT2D eigenvalue weighted by Crippen LogP contribution is -2.24. The van der Waals surface area contributed by atoms with Gasteiger partial charge in [-0.05, 0) is 83.6 Å². The number of aryl methyl sites for hydroxylation is 2. The van der Waals surface area contributed by atoms with E-state index < -0.39 is 11.9 Å². The number of hydrogen-bond donors (Lipinski definition) is 0. The van der Waals surface area contributed by atoms with Crippen LogP contribution in [0.3, 0.4) is 0 Å². The number of methoxy groups -OCH3 is 2. The molecule has 0 bridgehead atoms. The number of carbonyl (C=O) groups excluding carboxylic acids is 2. The number of nitrogens with zero attached hydrogens (tertiary/aromatic N) is 2. The Balaban J connectivity index is 1.46. The minimum atomic E-state index is -0.529. The second-order valence-electron chi connectivity index (χ2n) is 13.8. The fraction of sp³-hybridized carbons (Fsp3) is 0.120. The molecule has 0 aliphatic rings. The van der Waals surface area contributed by atoms with E-state index >= 15 is 0 Å². The van der Waals surface area contributed by atoms with Crippen LogP contribution in [0.4, 0.5) is 22.7 Å². The average Bonchev–Trinajstić information content (AvgIpc) is 3.25. The summed E-state index contributed by atoms with van der Waals surface area (Å²) in [6, 6.07) is 56.9. The van der Waals surface area contributed by atoms with Crippen molar-refractivity contribution in [2.45, 2.75) is 26.9 Å². The third kappa shape index (κ3) is 8.40. The Labute approximate surface area is 329 Å². The molecule has 0 saturated heterocycles. The molecular formula is C50H44N2O4. The number of ether oxygens (including phenoxy) is 2. The van der Waals surface area contributed by atoms with Crippen LogP contribution >= 0.6 is 0 Å². The van der Waals surface area contributed by atoms with Gasteiger partial charge in [0.1, 0.15) is 0 Å². The highest BCUT2D eigenvalue weighted by molar-refractivity contribution is 6.05. The highest BCUT2D eigenvalue weighted by Gasteiger charge is 2.28. The molecule has 0 aliphatic carbocycles. The Morgan fingerprint density at radius 1 is 0.429 bits per heavy atom. The Kier molecular flexibility index (Phi) is 11.4. The minimum Gasteiger partial charge on any atom is -0.465 e. The normalized spacial score (nSPS) is 10.8. The SMILES string of the molecule is COC(=O)c1cc(N(Cc2ccc(C)cc2)c2cccc(-c3ccccc3)c2)c(C(=O)OC)cc1N(Cc1ccc(C)cc1)c1cccc(-c2ccccc2)c1. The van der Waals surface area contributed by atoms with Gasteiger partial charge in [0.2, 0.25) is 0 Å². The van der Waals surface area contributed by atoms with Crippen molar-refractivity contribution in [1.29, 1.82) is 0 Å². The number of rotatable bonds is 12. The van der Waals surface area contributed by atoms with Crippen LogP contribution < -0.4 is 9.80 Å². The van der Waals surface area contributed by atoms with Gasteiger partial charge in [-0.25, -0.2) is 9.59 Å². The third-order valence-corrected chi connectivity index (χ3v) is 9.96. The van der Waals surface area contributed by atoms with Crippen LogP contribution in [0, 0.1) is 13.8 Å². The van der Waals surface area contributed by atoms with Crippen LogP contribution in [0.2, 0.25) is 0 Å². The summed E-state index contributed by atoms with van der Waals surface area (Å²) in [6.45, 7) is 4.93. The maximum Gasteiger partial charge on any atom is 0.340 e. The summed E-state index contributed by atoms with van der Waals surface area (Å²) in [4.78, 5) is 32.3. The zero-order valence-electron chi connectivity index (χ0n) is 32.1. The lowest BCUT2D eigenvalue weighted by atomic mass is 9.99. The fourth-order valence-corrected chi connectivity index (χ4v) is 6.92. The number of carbonyl (C=O) groups is 2. The average molecular weight is 737 g/mol. The summed E-state index contributed by atoms with van der Waals surface area (Å²) in [7, 11) is 2.77. The topological polar surface area (TPSA) is 59.1 Å². The zero-order valence-corrected chi connectivity index (χ0v) is 32.1. The lowest BCUT2D eigenvalue weighted by molar-refractivity contribution is 0.0588. The van der Waals surface area contributed by atoms with Crippen molar-refractivity contribution in [2.24, 2.45) is 0 Å². The van der Waals surface area contributed by atoms with Crippen LogP contribution in [0.1, 0.15) is 43.0 Å². The van der Waals surface area contributed by atoms with E-state index in [1.165, 1.54) is 14.2 Å². The molecule has 0 unspecified atom stereocenters. The molecular weight excluding hydrogens is 693 g/mol. The van der Waals surface area contributed by atoms with E-state index in [2.05, 4.69) is 121 Å². The molecule has 56 heavy (non-hydrogen) atoms. The van der Waals surface area contributed by atoms with Gasteiger partial charge in [0.15, 0.2) is 0 Å². The number of benzene rings is 7. The largest absolute Gasteiger partial charge is 0.465 e. The standard InChI is InChI=1S/C50H44N2O4/c1-35-21-25-37(26-22-35)33-51(43-19-11-17-41(29-43)39-13-7-5-8-14-39)47-31-46(50(54)56-4)48(32-45(47)49(53)55-3)52(34-38-27-23-36(2)24-28-38)44-20-12-18-42(30-44)40-15-9-6-10-16-40/h5-32H,33-34H2,1-4H3. The maximum absolute atomic E-state index is 14.1. The molecule has 0 atom stereocenters. The van der Waals surface area contributed by atoms with Gasteiger partial charge in [-0.15, -0.1) is 0 Å². The summed E-state index contributed by atoms with van der Waals surface area (Å²) in [5.74, 6) is -1.06. The van der Waals surface area contributed by atoms with E-state index in [1.807, 2.05) is 60.7 Å². The van der Waals surface area contributed by atoms with E-state index in [0.29, 0.717) is 35.6 Å². The fourth-order valence-electron chi connectivity index (χ4n) is 6.92. The quantitative estimate of drug-likeness (QED) is 0.116. The molecule has 6 heteroatoms. The molecule has 0 spiro atoms. The van der Waals surface area contributed by atoms with Gasteiger partial charge in [-0.1, -0.05) is 145 Å². The van der Waals surface area contributed by atoms with Crippen molar-refractivity contribution in [2.75, 3.05) is 24.0 Å². The van der Waals surface area contributed by atoms with Crippen LogP contribution in [-0.4, -0.2) is 26.2 Å². The molecule has 7 aromatic carbocycles. The smallest absolute Gasteiger partial charge is 0.340 e. The van der Waals surface area contributed by atoms with Gasteiger partial charge in [-0.3, -0.25) is 0 Å². The third-order valence-electron chi connectivity index (χ3n) is 9.96. The predicted octanol–water partition coefficient (Wildman–Crippen LogP) is 11.9. The molecule has 0 aromatic heterocycles. The second-order valence-corrected chi connectivity index (χ2v) is 13.8. The van der Waals surface area contributed by atoms with Crippen molar-refractivity contribution in [3.63, 3.8) is 0 Å². The number of esters is 2. The summed E-state index contributed by atoms with van der Waals surface area (Å²) in [6.07, 6.45) is 0. The molecule has 0 saturated carbocycles. The summed E-state index contributed by atoms with van der Waals surface area (Å²) in [5.41, 5.74) is 11.8. The molecule has 7 aromatic rings. The van der Waals surface area contributed by atoms with Crippen LogP contribution in [0.15, 0.2) is 170 Å². The van der Waals surface area contributed by atoms with Crippen LogP contribution in [0.25, 0.3) is 22.3 Å². The van der Waals surface area contributed by atoms with Gasteiger partial charge < -0.3 is 19.3 Å². The molecule has 6 nitrogen and oxygen atoms in total. The van der Waals surface area contributed by atoms with Crippen molar-refractivity contribution < 1.29 is 19.1 Å². The molecule has 0 radical (unpaired) electrons. The van der Waals surface area contributed by atoms with Gasteiger partial charge in [-0.2, -0.15) is 0 Å². The summed E-state index contributed by atoms with van der Waals surface area (Å²) < 4.78 is 11.0. The van der Waals surface area contributed by atoms with Gasteiger partial charge >= 0.3 is 11.9 Å². The highest BCUT2D eigenvalue weighted by atomic mass is 16.5. The van der Waals surface area contributed by atoms with Crippen molar-refractivity contribution in [3.8, 4) is 22.3 Å². The minimum absolute atomic E-state index is 0.306. The molecule has 0 amide bonds. The van der Waals surface area contributed by atoms with Crippen molar-refractivity contribution >= 4 is 34.7 Å². The molecule has 7 rings (SSSR count). The monoisotopic (exact) mass is 736 g/mol. The summed E-state index contributed by atoms with van der Waals surface area (Å²) >= 11 is 0. The Morgan fingerprint density at radius 2 is 0.786 bits per heavy atom. The number of hydrogen-bond acceptors (Lipinski definition) is 6. The summed E-state index contributed by atoms with van der Waals surface area (Å²) in [5, 5.41) is 0. The van der Waals surface area contributed by atoms with E-state index in [-0.39, 0.29) is 0 Å². The van der Waals surface area contributed by atoms with Crippen LogP contribution in [0.5, 0.6) is 0 Å². The highest BCUT2D eigenvalue weighted by Crippen LogP contribution is 2.41. The van der Waals surface area contributed by atoms with Gasteiger partial charge in [0.05, 0.1) is 36.7 Å². The Morgan fingerprint density at radius 3 is 1.14 bits per heavy atom. The first-order chi connectivity index (χ1) is 27.3.